The minimum Gasteiger partial charge on any atom is -0.338 e. The van der Waals surface area contributed by atoms with Gasteiger partial charge in [0.2, 0.25) is 5.91 Å². The Hall–Kier alpha value is -1.36. The maximum atomic E-state index is 11.9. The van der Waals surface area contributed by atoms with E-state index in [2.05, 4.69) is 39.6 Å². The van der Waals surface area contributed by atoms with Crippen LogP contribution in [-0.4, -0.2) is 50.7 Å². The van der Waals surface area contributed by atoms with Gasteiger partial charge in [-0.2, -0.15) is 5.10 Å². The number of hydrogen-bond donors (Lipinski definition) is 0. The first-order valence-corrected chi connectivity index (χ1v) is 9.05. The number of aromatic nitrogens is 2. The van der Waals surface area contributed by atoms with Crippen LogP contribution in [0.2, 0.25) is 0 Å². The van der Waals surface area contributed by atoms with Crippen LogP contribution in [-0.2, 0) is 17.9 Å². The van der Waals surface area contributed by atoms with E-state index in [9.17, 15) is 4.79 Å². The summed E-state index contributed by atoms with van der Waals surface area (Å²) >= 11 is 0. The molecule has 23 heavy (non-hydrogen) atoms. The van der Waals surface area contributed by atoms with Gasteiger partial charge in [0.25, 0.3) is 0 Å². The van der Waals surface area contributed by atoms with E-state index in [0.29, 0.717) is 18.0 Å². The number of likely N-dealkylation sites (tertiary alicyclic amines) is 1. The number of rotatable bonds is 7. The van der Waals surface area contributed by atoms with Crippen molar-refractivity contribution in [3.63, 3.8) is 0 Å². The minimum atomic E-state index is 0.240. The van der Waals surface area contributed by atoms with Crippen molar-refractivity contribution in [2.45, 2.75) is 71.6 Å². The molecule has 1 aliphatic carbocycles. The van der Waals surface area contributed by atoms with Crippen molar-refractivity contribution in [3.05, 3.63) is 18.0 Å². The number of carbonyl (C=O) groups is 1. The summed E-state index contributed by atoms with van der Waals surface area (Å²) in [4.78, 5) is 16.5. The third kappa shape index (κ3) is 4.34. The minimum absolute atomic E-state index is 0.240. The Labute approximate surface area is 139 Å². The Kier molecular flexibility index (Phi) is 5.05. The van der Waals surface area contributed by atoms with Crippen LogP contribution in [0.5, 0.6) is 0 Å². The molecule has 0 bridgehead atoms. The molecule has 0 radical (unpaired) electrons. The van der Waals surface area contributed by atoms with Gasteiger partial charge in [-0.05, 0) is 38.1 Å². The van der Waals surface area contributed by atoms with Crippen LogP contribution < -0.4 is 0 Å². The molecule has 0 N–H and O–H groups in total. The molecule has 5 heteroatoms. The van der Waals surface area contributed by atoms with Gasteiger partial charge in [0.15, 0.2) is 0 Å². The van der Waals surface area contributed by atoms with Crippen molar-refractivity contribution < 1.29 is 4.79 Å². The third-order valence-electron chi connectivity index (χ3n) is 4.92. The summed E-state index contributed by atoms with van der Waals surface area (Å²) in [5.41, 5.74) is 1.29. The molecule has 1 aromatic rings. The summed E-state index contributed by atoms with van der Waals surface area (Å²) in [6.45, 7) is 10.1. The van der Waals surface area contributed by atoms with Crippen molar-refractivity contribution in [3.8, 4) is 0 Å². The van der Waals surface area contributed by atoms with Crippen LogP contribution in [0.3, 0.4) is 0 Å². The molecule has 2 fully saturated rings. The van der Waals surface area contributed by atoms with Gasteiger partial charge < -0.3 is 4.90 Å². The Morgan fingerprint density at radius 1 is 1.39 bits per heavy atom. The fourth-order valence-electron chi connectivity index (χ4n) is 3.65. The van der Waals surface area contributed by atoms with Gasteiger partial charge in [-0.25, -0.2) is 0 Å². The summed E-state index contributed by atoms with van der Waals surface area (Å²) in [5.74, 6) is 0.856. The van der Waals surface area contributed by atoms with E-state index >= 15 is 0 Å². The Morgan fingerprint density at radius 3 is 2.83 bits per heavy atom. The Balaban J connectivity index is 1.58. The molecule has 1 amide bonds. The summed E-state index contributed by atoms with van der Waals surface area (Å²) in [6, 6.07) is 1.02. The van der Waals surface area contributed by atoms with Gasteiger partial charge >= 0.3 is 0 Å². The molecule has 1 aliphatic heterocycles. The highest BCUT2D eigenvalue weighted by molar-refractivity contribution is 5.74. The van der Waals surface area contributed by atoms with Crippen LogP contribution in [0.4, 0.5) is 0 Å². The van der Waals surface area contributed by atoms with E-state index in [1.165, 1.54) is 31.2 Å². The molecule has 1 saturated heterocycles. The normalized spacial score (nSPS) is 22.0. The zero-order valence-corrected chi connectivity index (χ0v) is 14.7. The van der Waals surface area contributed by atoms with Crippen molar-refractivity contribution in [1.82, 2.24) is 19.6 Å². The van der Waals surface area contributed by atoms with Gasteiger partial charge in [0.1, 0.15) is 0 Å². The Morgan fingerprint density at radius 2 is 2.17 bits per heavy atom. The summed E-state index contributed by atoms with van der Waals surface area (Å²) in [7, 11) is 0. The zero-order valence-electron chi connectivity index (χ0n) is 14.7. The van der Waals surface area contributed by atoms with E-state index < -0.39 is 0 Å². The van der Waals surface area contributed by atoms with Gasteiger partial charge in [0, 0.05) is 50.4 Å². The molecular formula is C18H30N4O. The molecule has 2 heterocycles. The van der Waals surface area contributed by atoms with Gasteiger partial charge in [0.05, 0.1) is 6.20 Å². The lowest BCUT2D eigenvalue weighted by atomic mass is 10.2. The SMILES string of the molecule is CC(=O)N(CC1CCCN1Cc1cnn(CC(C)C)c1)C1CC1. The maximum absolute atomic E-state index is 11.9. The average molecular weight is 318 g/mol. The first kappa shape index (κ1) is 16.5. The summed E-state index contributed by atoms with van der Waals surface area (Å²) < 4.78 is 2.05. The highest BCUT2D eigenvalue weighted by Gasteiger charge is 2.35. The number of amides is 1. The predicted molar refractivity (Wildman–Crippen MR) is 90.9 cm³/mol. The largest absolute Gasteiger partial charge is 0.338 e. The summed E-state index contributed by atoms with van der Waals surface area (Å²) in [6.07, 6.45) is 9.00. The van der Waals surface area contributed by atoms with E-state index in [4.69, 9.17) is 0 Å². The van der Waals surface area contributed by atoms with Gasteiger partial charge in [-0.15, -0.1) is 0 Å². The molecule has 3 rings (SSSR count). The third-order valence-corrected chi connectivity index (χ3v) is 4.92. The molecule has 5 nitrogen and oxygen atoms in total. The van der Waals surface area contributed by atoms with Crippen LogP contribution in [0.15, 0.2) is 12.4 Å². The Bertz CT molecular complexity index is 535. The molecule has 2 aliphatic rings. The quantitative estimate of drug-likeness (QED) is 0.776. The fourth-order valence-corrected chi connectivity index (χ4v) is 3.65. The van der Waals surface area contributed by atoms with E-state index in [-0.39, 0.29) is 5.91 Å². The van der Waals surface area contributed by atoms with Gasteiger partial charge in [-0.1, -0.05) is 13.8 Å². The van der Waals surface area contributed by atoms with Crippen LogP contribution in [0.25, 0.3) is 0 Å². The van der Waals surface area contributed by atoms with Crippen LogP contribution in [0.1, 0.15) is 52.0 Å². The van der Waals surface area contributed by atoms with Gasteiger partial charge in [-0.3, -0.25) is 14.4 Å². The van der Waals surface area contributed by atoms with Crippen molar-refractivity contribution in [2.24, 2.45) is 5.92 Å². The second-order valence-corrected chi connectivity index (χ2v) is 7.63. The lowest BCUT2D eigenvalue weighted by Crippen LogP contribution is -2.43. The number of nitrogens with zero attached hydrogens (tertiary/aromatic N) is 4. The molecule has 1 unspecified atom stereocenters. The average Bonchev–Trinajstić information content (AvgIpc) is 3.07. The molecule has 1 atom stereocenters. The maximum Gasteiger partial charge on any atom is 0.219 e. The predicted octanol–water partition coefficient (Wildman–Crippen LogP) is 2.51. The lowest BCUT2D eigenvalue weighted by molar-refractivity contribution is -0.130. The monoisotopic (exact) mass is 318 g/mol. The second-order valence-electron chi connectivity index (χ2n) is 7.63. The first-order valence-electron chi connectivity index (χ1n) is 9.05. The fraction of sp³-hybridized carbons (Fsp3) is 0.778. The van der Waals surface area contributed by atoms with E-state index in [1.807, 2.05) is 6.20 Å². The summed E-state index contributed by atoms with van der Waals surface area (Å²) in [5, 5.41) is 4.48. The highest BCUT2D eigenvalue weighted by atomic mass is 16.2. The van der Waals surface area contributed by atoms with Crippen molar-refractivity contribution in [1.29, 1.82) is 0 Å². The lowest BCUT2D eigenvalue weighted by Gasteiger charge is -2.30. The van der Waals surface area contributed by atoms with Crippen LogP contribution >= 0.6 is 0 Å². The van der Waals surface area contributed by atoms with E-state index in [1.54, 1.807) is 6.92 Å². The molecule has 128 valence electrons. The molecule has 1 saturated carbocycles. The topological polar surface area (TPSA) is 41.4 Å². The molecular weight excluding hydrogens is 288 g/mol. The molecule has 1 aromatic heterocycles. The van der Waals surface area contributed by atoms with Crippen LogP contribution in [0, 0.1) is 5.92 Å². The van der Waals surface area contributed by atoms with Crippen molar-refractivity contribution >= 4 is 5.91 Å². The molecule has 0 aromatic carbocycles. The zero-order chi connectivity index (χ0) is 16.4. The smallest absolute Gasteiger partial charge is 0.219 e. The number of hydrogen-bond acceptors (Lipinski definition) is 3. The number of carbonyl (C=O) groups excluding carboxylic acids is 1. The van der Waals surface area contributed by atoms with E-state index in [0.717, 1.165) is 26.2 Å². The second kappa shape index (κ2) is 7.04. The standard InChI is InChI=1S/C18H30N4O/c1-14(2)10-21-12-16(9-19-21)11-20-8-4-5-18(20)13-22(15(3)23)17-6-7-17/h9,12,14,17-18H,4-8,10-11,13H2,1-3H3. The first-order chi connectivity index (χ1) is 11.0. The van der Waals surface area contributed by atoms with Crippen molar-refractivity contribution in [2.75, 3.05) is 13.1 Å². The highest BCUT2D eigenvalue weighted by Crippen LogP contribution is 2.29. The molecule has 0 spiro atoms.